The van der Waals surface area contributed by atoms with E-state index in [4.69, 9.17) is 10.4 Å². The predicted octanol–water partition coefficient (Wildman–Crippen LogP) is 1.30. The SMILES string of the molecule is CS(=O)(=O)/C(C#N)=C/c1cccc(O)c1. The van der Waals surface area contributed by atoms with E-state index >= 15 is 0 Å². The standard InChI is InChI=1S/C10H9NO3S/c1-15(13,14)10(7-11)6-8-3-2-4-9(12)5-8/h2-6,12H,1H3/b10-6+. The maximum Gasteiger partial charge on any atom is 0.185 e. The molecule has 4 nitrogen and oxygen atoms in total. The molecule has 5 heteroatoms. The molecule has 0 bridgehead atoms. The van der Waals surface area contributed by atoms with Crippen molar-refractivity contribution in [3.8, 4) is 11.8 Å². The lowest BCUT2D eigenvalue weighted by Crippen LogP contribution is -1.98. The van der Waals surface area contributed by atoms with Crippen LogP contribution >= 0.6 is 0 Å². The maximum absolute atomic E-state index is 11.1. The summed E-state index contributed by atoms with van der Waals surface area (Å²) in [5, 5.41) is 17.8. The quantitative estimate of drug-likeness (QED) is 0.766. The fourth-order valence-corrected chi connectivity index (χ4v) is 1.50. The second-order valence-corrected chi connectivity index (χ2v) is 4.97. The lowest BCUT2D eigenvalue weighted by Gasteiger charge is -1.97. The Labute approximate surface area is 88.0 Å². The molecule has 0 radical (unpaired) electrons. The second-order valence-electron chi connectivity index (χ2n) is 2.99. The topological polar surface area (TPSA) is 78.2 Å². The summed E-state index contributed by atoms with van der Waals surface area (Å²) in [6.07, 6.45) is 2.18. The highest BCUT2D eigenvalue weighted by Crippen LogP contribution is 2.15. The van der Waals surface area contributed by atoms with E-state index in [2.05, 4.69) is 0 Å². The molecule has 0 aliphatic rings. The van der Waals surface area contributed by atoms with Crippen LogP contribution in [0.4, 0.5) is 0 Å². The maximum atomic E-state index is 11.1. The van der Waals surface area contributed by atoms with Gasteiger partial charge in [-0.3, -0.25) is 0 Å². The summed E-state index contributed by atoms with van der Waals surface area (Å²) in [4.78, 5) is -0.326. The molecule has 0 amide bonds. The number of phenolic OH excluding ortho intramolecular Hbond substituents is 1. The molecule has 0 saturated heterocycles. The summed E-state index contributed by atoms with van der Waals surface area (Å²) in [5.41, 5.74) is 0.469. The Morgan fingerprint density at radius 1 is 1.53 bits per heavy atom. The molecule has 0 atom stereocenters. The monoisotopic (exact) mass is 223 g/mol. The molecule has 1 aromatic rings. The fraction of sp³-hybridized carbons (Fsp3) is 0.100. The number of nitriles is 1. The molecule has 0 spiro atoms. The van der Waals surface area contributed by atoms with Crippen molar-refractivity contribution in [2.75, 3.05) is 6.26 Å². The van der Waals surface area contributed by atoms with Crippen LogP contribution in [-0.2, 0) is 9.84 Å². The smallest absolute Gasteiger partial charge is 0.185 e. The van der Waals surface area contributed by atoms with Gasteiger partial charge in [-0.1, -0.05) is 12.1 Å². The summed E-state index contributed by atoms with van der Waals surface area (Å²) in [5.74, 6) is 0.0227. The van der Waals surface area contributed by atoms with Gasteiger partial charge in [-0.2, -0.15) is 5.26 Å². The van der Waals surface area contributed by atoms with E-state index in [9.17, 15) is 8.42 Å². The summed E-state index contributed by atoms with van der Waals surface area (Å²) >= 11 is 0. The lowest BCUT2D eigenvalue weighted by atomic mass is 10.2. The molecule has 0 aromatic heterocycles. The summed E-state index contributed by atoms with van der Waals surface area (Å²) in [6.45, 7) is 0. The summed E-state index contributed by atoms with van der Waals surface area (Å²) in [6, 6.07) is 7.61. The molecule has 78 valence electrons. The van der Waals surface area contributed by atoms with Gasteiger partial charge in [0.15, 0.2) is 9.84 Å². The van der Waals surface area contributed by atoms with E-state index in [1.54, 1.807) is 18.2 Å². The van der Waals surface area contributed by atoms with Crippen LogP contribution in [0.1, 0.15) is 5.56 Å². The molecule has 0 heterocycles. The van der Waals surface area contributed by atoms with Crippen molar-refractivity contribution < 1.29 is 13.5 Å². The van der Waals surface area contributed by atoms with E-state index in [0.29, 0.717) is 5.56 Å². The third-order valence-corrected chi connectivity index (χ3v) is 2.69. The molecule has 0 fully saturated rings. The Balaban J connectivity index is 3.23. The van der Waals surface area contributed by atoms with E-state index in [1.165, 1.54) is 18.2 Å². The van der Waals surface area contributed by atoms with Crippen LogP contribution in [0.15, 0.2) is 29.2 Å². The third-order valence-electron chi connectivity index (χ3n) is 1.68. The van der Waals surface area contributed by atoms with Gasteiger partial charge in [0, 0.05) is 6.26 Å². The number of phenols is 1. The predicted molar refractivity (Wildman–Crippen MR) is 56.5 cm³/mol. The van der Waals surface area contributed by atoms with Gasteiger partial charge in [0.25, 0.3) is 0 Å². The summed E-state index contributed by atoms with van der Waals surface area (Å²) in [7, 11) is -3.51. The first-order valence-electron chi connectivity index (χ1n) is 4.04. The van der Waals surface area contributed by atoms with Crippen molar-refractivity contribution >= 4 is 15.9 Å². The van der Waals surface area contributed by atoms with E-state index < -0.39 is 9.84 Å². The van der Waals surface area contributed by atoms with Gasteiger partial charge in [-0.05, 0) is 23.8 Å². The van der Waals surface area contributed by atoms with Crippen molar-refractivity contribution in [1.82, 2.24) is 0 Å². The highest BCUT2D eigenvalue weighted by Gasteiger charge is 2.10. The van der Waals surface area contributed by atoms with Crippen molar-refractivity contribution in [3.63, 3.8) is 0 Å². The molecule has 0 aliphatic heterocycles. The summed E-state index contributed by atoms with van der Waals surface area (Å²) < 4.78 is 22.2. The molecular formula is C10H9NO3S. The lowest BCUT2D eigenvalue weighted by molar-refractivity contribution is 0.475. The minimum atomic E-state index is -3.51. The number of hydrogen-bond donors (Lipinski definition) is 1. The molecule has 1 N–H and O–H groups in total. The normalized spacial score (nSPS) is 12.1. The van der Waals surface area contributed by atoms with Crippen LogP contribution < -0.4 is 0 Å². The largest absolute Gasteiger partial charge is 0.508 e. The zero-order chi connectivity index (χ0) is 11.5. The molecule has 15 heavy (non-hydrogen) atoms. The van der Waals surface area contributed by atoms with Crippen LogP contribution in [0.25, 0.3) is 6.08 Å². The van der Waals surface area contributed by atoms with Gasteiger partial charge in [0.1, 0.15) is 16.7 Å². The van der Waals surface area contributed by atoms with Gasteiger partial charge in [-0.25, -0.2) is 8.42 Å². The number of benzene rings is 1. The van der Waals surface area contributed by atoms with E-state index in [1.807, 2.05) is 0 Å². The Kier molecular flexibility index (Phi) is 3.12. The first-order valence-corrected chi connectivity index (χ1v) is 5.93. The zero-order valence-electron chi connectivity index (χ0n) is 8.01. The minimum absolute atomic E-state index is 0.0227. The number of sulfone groups is 1. The van der Waals surface area contributed by atoms with Crippen LogP contribution in [0.5, 0.6) is 5.75 Å². The Hall–Kier alpha value is -1.80. The van der Waals surface area contributed by atoms with E-state index in [-0.39, 0.29) is 10.7 Å². The number of hydrogen-bond acceptors (Lipinski definition) is 4. The van der Waals surface area contributed by atoms with Gasteiger partial charge < -0.3 is 5.11 Å². The average molecular weight is 223 g/mol. The van der Waals surface area contributed by atoms with Crippen LogP contribution in [-0.4, -0.2) is 19.8 Å². The Morgan fingerprint density at radius 3 is 2.67 bits per heavy atom. The third kappa shape index (κ3) is 3.11. The average Bonchev–Trinajstić information content (AvgIpc) is 2.12. The van der Waals surface area contributed by atoms with Gasteiger partial charge in [0.05, 0.1) is 0 Å². The molecule has 1 aromatic carbocycles. The highest BCUT2D eigenvalue weighted by atomic mass is 32.2. The number of nitrogens with zero attached hydrogens (tertiary/aromatic N) is 1. The molecule has 0 aliphatic carbocycles. The van der Waals surface area contributed by atoms with E-state index in [0.717, 1.165) is 6.26 Å². The molecular weight excluding hydrogens is 214 g/mol. The van der Waals surface area contributed by atoms with Crippen molar-refractivity contribution in [3.05, 3.63) is 34.7 Å². The van der Waals surface area contributed by atoms with Crippen molar-refractivity contribution in [2.45, 2.75) is 0 Å². The van der Waals surface area contributed by atoms with Gasteiger partial charge >= 0.3 is 0 Å². The molecule has 0 saturated carbocycles. The minimum Gasteiger partial charge on any atom is -0.508 e. The number of allylic oxidation sites excluding steroid dienone is 1. The van der Waals surface area contributed by atoms with Crippen LogP contribution in [0.2, 0.25) is 0 Å². The number of aromatic hydroxyl groups is 1. The van der Waals surface area contributed by atoms with Crippen LogP contribution in [0, 0.1) is 11.3 Å². The van der Waals surface area contributed by atoms with Crippen molar-refractivity contribution in [2.24, 2.45) is 0 Å². The Bertz CT molecular complexity index is 538. The second kappa shape index (κ2) is 4.15. The zero-order valence-corrected chi connectivity index (χ0v) is 8.82. The van der Waals surface area contributed by atoms with Crippen LogP contribution in [0.3, 0.4) is 0 Å². The molecule has 0 unspecified atom stereocenters. The van der Waals surface area contributed by atoms with Gasteiger partial charge in [-0.15, -0.1) is 0 Å². The highest BCUT2D eigenvalue weighted by molar-refractivity contribution is 7.95. The molecule has 1 rings (SSSR count). The van der Waals surface area contributed by atoms with Crippen molar-refractivity contribution in [1.29, 1.82) is 5.26 Å². The van der Waals surface area contributed by atoms with Gasteiger partial charge in [0.2, 0.25) is 0 Å². The fourth-order valence-electron chi connectivity index (χ4n) is 0.988. The number of rotatable bonds is 2. The first-order chi connectivity index (χ1) is 6.93. The first kappa shape index (κ1) is 11.3. The Morgan fingerprint density at radius 2 is 2.20 bits per heavy atom.